The van der Waals surface area contributed by atoms with Gasteiger partial charge < -0.3 is 15.3 Å². The van der Waals surface area contributed by atoms with Crippen LogP contribution < -0.4 is 10.2 Å². The minimum Gasteiger partial charge on any atom is -0.506 e. The third kappa shape index (κ3) is 3.07. The summed E-state index contributed by atoms with van der Waals surface area (Å²) < 4.78 is 0. The van der Waals surface area contributed by atoms with Gasteiger partial charge in [0.1, 0.15) is 11.4 Å². The molecule has 0 saturated carbocycles. The summed E-state index contributed by atoms with van der Waals surface area (Å²) in [5.74, 6) is 1.21. The molecular weight excluding hydrogens is 264 g/mol. The Kier molecular flexibility index (Phi) is 3.90. The van der Waals surface area contributed by atoms with Crippen molar-refractivity contribution in [2.45, 2.75) is 26.3 Å². The lowest BCUT2D eigenvalue weighted by Gasteiger charge is -2.20. The molecule has 0 spiro atoms. The molecule has 0 aromatic carbocycles. The molecule has 5 heteroatoms. The van der Waals surface area contributed by atoms with E-state index in [9.17, 15) is 5.11 Å². The Morgan fingerprint density at radius 1 is 1.24 bits per heavy atom. The molecule has 1 aliphatic rings. The van der Waals surface area contributed by atoms with Crippen molar-refractivity contribution in [2.24, 2.45) is 0 Å². The van der Waals surface area contributed by atoms with Crippen LogP contribution in [-0.4, -0.2) is 28.2 Å². The summed E-state index contributed by atoms with van der Waals surface area (Å²) >= 11 is 0. The first-order valence-corrected chi connectivity index (χ1v) is 7.33. The van der Waals surface area contributed by atoms with Crippen LogP contribution in [0.4, 0.5) is 11.5 Å². The molecule has 0 atom stereocenters. The van der Waals surface area contributed by atoms with E-state index in [1.165, 1.54) is 12.8 Å². The van der Waals surface area contributed by atoms with E-state index < -0.39 is 0 Å². The Labute approximate surface area is 124 Å². The highest BCUT2D eigenvalue weighted by atomic mass is 16.3. The van der Waals surface area contributed by atoms with Gasteiger partial charge in [0.05, 0.1) is 12.2 Å². The molecule has 0 radical (unpaired) electrons. The first-order valence-electron chi connectivity index (χ1n) is 7.33. The molecule has 2 aromatic heterocycles. The summed E-state index contributed by atoms with van der Waals surface area (Å²) in [6.45, 7) is 4.52. The summed E-state index contributed by atoms with van der Waals surface area (Å²) in [5, 5.41) is 13.2. The lowest BCUT2D eigenvalue weighted by molar-refractivity contribution is 0.464. The minimum absolute atomic E-state index is 0.222. The molecule has 0 aliphatic carbocycles. The number of hydrogen-bond donors (Lipinski definition) is 2. The van der Waals surface area contributed by atoms with Gasteiger partial charge in [0, 0.05) is 25.0 Å². The second-order valence-corrected chi connectivity index (χ2v) is 5.34. The summed E-state index contributed by atoms with van der Waals surface area (Å²) in [6.07, 6.45) is 4.26. The number of anilines is 2. The van der Waals surface area contributed by atoms with Gasteiger partial charge in [0.25, 0.3) is 0 Å². The molecule has 2 N–H and O–H groups in total. The third-order valence-electron chi connectivity index (χ3n) is 3.73. The first-order chi connectivity index (χ1) is 10.2. The van der Waals surface area contributed by atoms with E-state index in [0.717, 1.165) is 30.3 Å². The number of hydrogen-bond acceptors (Lipinski definition) is 5. The minimum atomic E-state index is 0.222. The highest BCUT2D eigenvalue weighted by Crippen LogP contribution is 2.27. The van der Waals surface area contributed by atoms with E-state index in [2.05, 4.69) is 20.2 Å². The fraction of sp³-hybridized carbons (Fsp3) is 0.375. The predicted octanol–water partition coefficient (Wildman–Crippen LogP) is 2.70. The lowest BCUT2D eigenvalue weighted by atomic mass is 10.2. The predicted molar refractivity (Wildman–Crippen MR) is 83.6 cm³/mol. The van der Waals surface area contributed by atoms with Crippen molar-refractivity contribution < 1.29 is 5.11 Å². The quantitative estimate of drug-likeness (QED) is 0.904. The van der Waals surface area contributed by atoms with Crippen molar-refractivity contribution in [3.05, 3.63) is 41.9 Å². The first kappa shape index (κ1) is 13.7. The van der Waals surface area contributed by atoms with E-state index >= 15 is 0 Å². The summed E-state index contributed by atoms with van der Waals surface area (Å²) in [5.41, 5.74) is 2.55. The van der Waals surface area contributed by atoms with Crippen molar-refractivity contribution in [2.75, 3.05) is 23.3 Å². The van der Waals surface area contributed by atoms with Gasteiger partial charge in [-0.25, -0.2) is 4.98 Å². The van der Waals surface area contributed by atoms with Crippen LogP contribution in [-0.2, 0) is 6.54 Å². The molecule has 1 aliphatic heterocycles. The standard InChI is InChI=1S/C16H20N4O/c1-12-6-7-15(21)14(19-12)11-18-13-5-4-8-17-16(13)20-9-2-3-10-20/h4-8,18,21H,2-3,9-11H2,1H3. The number of aromatic nitrogens is 2. The largest absolute Gasteiger partial charge is 0.506 e. The van der Waals surface area contributed by atoms with Crippen molar-refractivity contribution in [1.82, 2.24) is 9.97 Å². The summed E-state index contributed by atoms with van der Waals surface area (Å²) in [7, 11) is 0. The van der Waals surface area contributed by atoms with Crippen molar-refractivity contribution in [1.29, 1.82) is 0 Å². The molecule has 0 amide bonds. The lowest BCUT2D eigenvalue weighted by Crippen LogP contribution is -2.20. The van der Waals surface area contributed by atoms with Gasteiger partial charge >= 0.3 is 0 Å². The number of pyridine rings is 2. The van der Waals surface area contributed by atoms with Crippen LogP contribution >= 0.6 is 0 Å². The van der Waals surface area contributed by atoms with Crippen LogP contribution in [0.15, 0.2) is 30.5 Å². The van der Waals surface area contributed by atoms with Gasteiger partial charge in [0.2, 0.25) is 0 Å². The Bertz CT molecular complexity index is 623. The van der Waals surface area contributed by atoms with Gasteiger partial charge in [-0.2, -0.15) is 0 Å². The zero-order chi connectivity index (χ0) is 14.7. The van der Waals surface area contributed by atoms with E-state index in [1.807, 2.05) is 25.3 Å². The number of aryl methyl sites for hydroxylation is 1. The molecule has 110 valence electrons. The zero-order valence-corrected chi connectivity index (χ0v) is 12.2. The Morgan fingerprint density at radius 3 is 2.86 bits per heavy atom. The SMILES string of the molecule is Cc1ccc(O)c(CNc2cccnc2N2CCCC2)n1. The average molecular weight is 284 g/mol. The van der Waals surface area contributed by atoms with E-state index in [-0.39, 0.29) is 5.75 Å². The third-order valence-corrected chi connectivity index (χ3v) is 3.73. The maximum atomic E-state index is 9.87. The van der Waals surface area contributed by atoms with Crippen molar-refractivity contribution in [3.63, 3.8) is 0 Å². The molecule has 0 bridgehead atoms. The van der Waals surface area contributed by atoms with Gasteiger partial charge in [-0.15, -0.1) is 0 Å². The average Bonchev–Trinajstić information content (AvgIpc) is 3.03. The molecule has 5 nitrogen and oxygen atoms in total. The number of aromatic hydroxyl groups is 1. The summed E-state index contributed by atoms with van der Waals surface area (Å²) in [4.78, 5) is 11.2. The molecule has 1 fully saturated rings. The molecule has 0 unspecified atom stereocenters. The Morgan fingerprint density at radius 2 is 2.05 bits per heavy atom. The van der Waals surface area contributed by atoms with E-state index in [0.29, 0.717) is 12.2 Å². The second-order valence-electron chi connectivity index (χ2n) is 5.34. The normalized spacial score (nSPS) is 14.4. The van der Waals surface area contributed by atoms with Crippen LogP contribution in [0.25, 0.3) is 0 Å². The van der Waals surface area contributed by atoms with Gasteiger partial charge in [-0.3, -0.25) is 4.98 Å². The highest BCUT2D eigenvalue weighted by Gasteiger charge is 2.16. The van der Waals surface area contributed by atoms with Crippen LogP contribution in [0.1, 0.15) is 24.2 Å². The molecular formula is C16H20N4O. The smallest absolute Gasteiger partial charge is 0.151 e. The van der Waals surface area contributed by atoms with Crippen LogP contribution in [0.3, 0.4) is 0 Å². The van der Waals surface area contributed by atoms with Gasteiger partial charge in [-0.1, -0.05) is 0 Å². The van der Waals surface area contributed by atoms with Crippen molar-refractivity contribution >= 4 is 11.5 Å². The maximum Gasteiger partial charge on any atom is 0.151 e. The summed E-state index contributed by atoms with van der Waals surface area (Å²) in [6, 6.07) is 7.43. The molecule has 2 aromatic rings. The molecule has 3 heterocycles. The van der Waals surface area contributed by atoms with E-state index in [4.69, 9.17) is 0 Å². The van der Waals surface area contributed by atoms with Crippen LogP contribution in [0.5, 0.6) is 5.75 Å². The fourth-order valence-corrected chi connectivity index (χ4v) is 2.63. The number of nitrogens with zero attached hydrogens (tertiary/aromatic N) is 3. The zero-order valence-electron chi connectivity index (χ0n) is 12.2. The topological polar surface area (TPSA) is 61.3 Å². The van der Waals surface area contributed by atoms with Gasteiger partial charge in [0.15, 0.2) is 5.82 Å². The fourth-order valence-electron chi connectivity index (χ4n) is 2.63. The maximum absolute atomic E-state index is 9.87. The Balaban J connectivity index is 1.77. The molecule has 1 saturated heterocycles. The number of rotatable bonds is 4. The molecule has 3 rings (SSSR count). The Hall–Kier alpha value is -2.30. The highest BCUT2D eigenvalue weighted by molar-refractivity contribution is 5.65. The van der Waals surface area contributed by atoms with Gasteiger partial charge in [-0.05, 0) is 44.0 Å². The van der Waals surface area contributed by atoms with E-state index in [1.54, 1.807) is 12.1 Å². The number of nitrogens with one attached hydrogen (secondary N) is 1. The van der Waals surface area contributed by atoms with Crippen LogP contribution in [0, 0.1) is 6.92 Å². The van der Waals surface area contributed by atoms with Crippen LogP contribution in [0.2, 0.25) is 0 Å². The van der Waals surface area contributed by atoms with Crippen molar-refractivity contribution in [3.8, 4) is 5.75 Å². The monoisotopic (exact) mass is 284 g/mol. The molecule has 21 heavy (non-hydrogen) atoms. The second kappa shape index (κ2) is 5.99.